The number of sulfonamides is 1. The number of halogens is 3. The van der Waals surface area contributed by atoms with Crippen LogP contribution in [-0.2, 0) is 45.2 Å². The molecule has 174 valence electrons. The molecule has 1 aliphatic rings. The predicted octanol–water partition coefficient (Wildman–Crippen LogP) is 3.24. The predicted molar refractivity (Wildman–Crippen MR) is 111 cm³/mol. The lowest BCUT2D eigenvalue weighted by molar-refractivity contribution is -0.145. The third-order valence-electron chi connectivity index (χ3n) is 5.51. The number of benzene rings is 2. The summed E-state index contributed by atoms with van der Waals surface area (Å²) in [5.74, 6) is -0.811. The van der Waals surface area contributed by atoms with Crippen molar-refractivity contribution in [2.45, 2.75) is 36.6 Å². The van der Waals surface area contributed by atoms with Crippen molar-refractivity contribution >= 4 is 16.0 Å². The third-order valence-corrected chi connectivity index (χ3v) is 7.36. The van der Waals surface area contributed by atoms with E-state index in [4.69, 9.17) is 4.74 Å². The third kappa shape index (κ3) is 4.51. The summed E-state index contributed by atoms with van der Waals surface area (Å²) in [6.07, 6.45) is -3.20. The molecule has 0 radical (unpaired) electrons. The van der Waals surface area contributed by atoms with Crippen molar-refractivity contribution in [2.75, 3.05) is 7.11 Å². The maximum atomic E-state index is 13.4. The van der Waals surface area contributed by atoms with Crippen LogP contribution in [0.15, 0.2) is 65.8 Å². The summed E-state index contributed by atoms with van der Waals surface area (Å²) in [5, 5.41) is 0. The van der Waals surface area contributed by atoms with Crippen molar-refractivity contribution in [1.29, 1.82) is 0 Å². The fourth-order valence-electron chi connectivity index (χ4n) is 3.82. The van der Waals surface area contributed by atoms with Gasteiger partial charge in [0.25, 0.3) is 0 Å². The highest BCUT2D eigenvalue weighted by molar-refractivity contribution is 7.89. The van der Waals surface area contributed by atoms with Crippen molar-refractivity contribution in [3.05, 3.63) is 83.4 Å². The van der Waals surface area contributed by atoms with E-state index < -0.39 is 38.7 Å². The van der Waals surface area contributed by atoms with E-state index in [1.165, 1.54) is 0 Å². The normalized spacial score (nSPS) is 16.9. The number of hydrogen-bond donors (Lipinski definition) is 0. The first-order valence-electron chi connectivity index (χ1n) is 9.95. The van der Waals surface area contributed by atoms with Gasteiger partial charge in [0.15, 0.2) is 0 Å². The number of methoxy groups -OCH3 is 1. The molecular formula is C22H20F3N3O4S. The van der Waals surface area contributed by atoms with Crippen LogP contribution in [0.2, 0.25) is 0 Å². The van der Waals surface area contributed by atoms with Gasteiger partial charge in [-0.25, -0.2) is 13.4 Å². The highest BCUT2D eigenvalue weighted by Gasteiger charge is 2.43. The van der Waals surface area contributed by atoms with Crippen LogP contribution in [0.1, 0.15) is 22.5 Å². The van der Waals surface area contributed by atoms with Crippen LogP contribution in [0.4, 0.5) is 13.2 Å². The molecule has 2 heterocycles. The fraction of sp³-hybridized carbons (Fsp3) is 0.273. The van der Waals surface area contributed by atoms with Gasteiger partial charge < -0.3 is 9.30 Å². The Morgan fingerprint density at radius 3 is 2.55 bits per heavy atom. The molecule has 11 heteroatoms. The number of alkyl halides is 3. The summed E-state index contributed by atoms with van der Waals surface area (Å²) in [4.78, 5) is 16.2. The minimum atomic E-state index is -4.71. The van der Waals surface area contributed by atoms with Crippen molar-refractivity contribution in [1.82, 2.24) is 13.9 Å². The zero-order valence-corrected chi connectivity index (χ0v) is 18.3. The van der Waals surface area contributed by atoms with Crippen LogP contribution in [-0.4, -0.2) is 41.4 Å². The minimum absolute atomic E-state index is 0.0536. The first kappa shape index (κ1) is 23.0. The number of esters is 1. The number of carbonyl (C=O) groups excluding carboxylic acids is 1. The van der Waals surface area contributed by atoms with E-state index in [-0.39, 0.29) is 13.0 Å². The molecule has 3 aromatic rings. The van der Waals surface area contributed by atoms with Gasteiger partial charge in [-0.2, -0.15) is 17.5 Å². The first-order chi connectivity index (χ1) is 15.6. The van der Waals surface area contributed by atoms with Crippen LogP contribution in [0.5, 0.6) is 0 Å². The first-order valence-corrected chi connectivity index (χ1v) is 11.4. The number of carbonyl (C=O) groups is 1. The summed E-state index contributed by atoms with van der Waals surface area (Å²) < 4.78 is 73.8. The molecule has 1 atom stereocenters. The Morgan fingerprint density at radius 1 is 1.15 bits per heavy atom. The monoisotopic (exact) mass is 479 g/mol. The summed E-state index contributed by atoms with van der Waals surface area (Å²) >= 11 is 0. The minimum Gasteiger partial charge on any atom is -0.468 e. The van der Waals surface area contributed by atoms with Crippen LogP contribution >= 0.6 is 0 Å². The molecule has 1 aromatic heterocycles. The molecule has 0 saturated heterocycles. The Labute approximate surface area is 188 Å². The quantitative estimate of drug-likeness (QED) is 0.525. The van der Waals surface area contributed by atoms with Crippen LogP contribution in [0.3, 0.4) is 0 Å². The number of rotatable bonds is 5. The SMILES string of the molecule is COC(=O)C1Cc2ncn(Cc3ccccc3)c2CN1S(=O)(=O)c1cccc(C(F)(F)F)c1. The fourth-order valence-corrected chi connectivity index (χ4v) is 5.40. The second-order valence-corrected chi connectivity index (χ2v) is 9.46. The molecule has 0 N–H and O–H groups in total. The van der Waals surface area contributed by atoms with Gasteiger partial charge >= 0.3 is 12.1 Å². The van der Waals surface area contributed by atoms with Crippen LogP contribution in [0.25, 0.3) is 0 Å². The molecule has 7 nitrogen and oxygen atoms in total. The largest absolute Gasteiger partial charge is 0.468 e. The number of hydrogen-bond acceptors (Lipinski definition) is 5. The van der Waals surface area contributed by atoms with Gasteiger partial charge in [-0.15, -0.1) is 0 Å². The van der Waals surface area contributed by atoms with E-state index in [9.17, 15) is 26.4 Å². The summed E-state index contributed by atoms with van der Waals surface area (Å²) in [7, 11) is -3.34. The molecule has 0 fully saturated rings. The zero-order chi connectivity index (χ0) is 23.8. The molecule has 2 aromatic carbocycles. The van der Waals surface area contributed by atoms with Gasteiger partial charge in [-0.1, -0.05) is 36.4 Å². The van der Waals surface area contributed by atoms with Crippen molar-refractivity contribution in [3.63, 3.8) is 0 Å². The molecular weight excluding hydrogens is 459 g/mol. The maximum absolute atomic E-state index is 13.4. The number of fused-ring (bicyclic) bond motifs is 1. The van der Waals surface area contributed by atoms with Crippen molar-refractivity contribution in [3.8, 4) is 0 Å². The topological polar surface area (TPSA) is 81.5 Å². The number of ether oxygens (including phenoxy) is 1. The van der Waals surface area contributed by atoms with Crippen molar-refractivity contribution in [2.24, 2.45) is 0 Å². The Balaban J connectivity index is 1.74. The highest BCUT2D eigenvalue weighted by atomic mass is 32.2. The average molecular weight is 479 g/mol. The molecule has 0 amide bonds. The Kier molecular flexibility index (Phi) is 6.02. The zero-order valence-electron chi connectivity index (χ0n) is 17.5. The number of nitrogens with zero attached hydrogens (tertiary/aromatic N) is 3. The van der Waals surface area contributed by atoms with Gasteiger partial charge in [-0.05, 0) is 23.8 Å². The van der Waals surface area contributed by atoms with Gasteiger partial charge in [0.2, 0.25) is 10.0 Å². The lowest BCUT2D eigenvalue weighted by atomic mass is 10.1. The second kappa shape index (κ2) is 8.64. The van der Waals surface area contributed by atoms with Gasteiger partial charge in [-0.3, -0.25) is 4.79 Å². The average Bonchev–Trinajstić information content (AvgIpc) is 3.19. The molecule has 33 heavy (non-hydrogen) atoms. The van der Waals surface area contributed by atoms with E-state index in [2.05, 4.69) is 4.98 Å². The summed E-state index contributed by atoms with van der Waals surface area (Å²) in [5.41, 5.74) is 0.969. The van der Waals surface area contributed by atoms with Crippen LogP contribution < -0.4 is 0 Å². The lowest BCUT2D eigenvalue weighted by Gasteiger charge is -2.33. The molecule has 0 saturated carbocycles. The summed E-state index contributed by atoms with van der Waals surface area (Å²) in [6.45, 7) is 0.185. The number of imidazole rings is 1. The van der Waals surface area contributed by atoms with E-state index in [0.29, 0.717) is 24.0 Å². The van der Waals surface area contributed by atoms with E-state index in [1.54, 1.807) is 10.9 Å². The van der Waals surface area contributed by atoms with E-state index in [0.717, 1.165) is 35.2 Å². The summed E-state index contributed by atoms with van der Waals surface area (Å²) in [6, 6.07) is 11.6. The molecule has 0 aliphatic carbocycles. The molecule has 0 spiro atoms. The van der Waals surface area contributed by atoms with Gasteiger partial charge in [0.1, 0.15) is 6.04 Å². The molecule has 1 aliphatic heterocycles. The highest BCUT2D eigenvalue weighted by Crippen LogP contribution is 2.33. The van der Waals surface area contributed by atoms with Gasteiger partial charge in [0.05, 0.1) is 41.8 Å². The van der Waals surface area contributed by atoms with Gasteiger partial charge in [0, 0.05) is 13.0 Å². The molecule has 1 unspecified atom stereocenters. The van der Waals surface area contributed by atoms with Crippen LogP contribution in [0, 0.1) is 0 Å². The smallest absolute Gasteiger partial charge is 0.416 e. The van der Waals surface area contributed by atoms with E-state index >= 15 is 0 Å². The second-order valence-electron chi connectivity index (χ2n) is 7.57. The van der Waals surface area contributed by atoms with Crippen molar-refractivity contribution < 1.29 is 31.1 Å². The van der Waals surface area contributed by atoms with E-state index in [1.807, 2.05) is 30.3 Å². The Hall–Kier alpha value is -3.18. The maximum Gasteiger partial charge on any atom is 0.416 e. The lowest BCUT2D eigenvalue weighted by Crippen LogP contribution is -2.49. The molecule has 4 rings (SSSR count). The standard InChI is InChI=1S/C22H20F3N3O4S/c1-32-21(29)19-11-18-20(27(14-26-18)12-15-6-3-2-4-7-15)13-28(19)33(30,31)17-9-5-8-16(10-17)22(23,24)25/h2-10,14,19H,11-13H2,1H3. The Morgan fingerprint density at radius 2 is 1.88 bits per heavy atom. The Bertz CT molecular complexity index is 1270. The number of aromatic nitrogens is 2. The molecule has 0 bridgehead atoms.